The summed E-state index contributed by atoms with van der Waals surface area (Å²) in [4.78, 5) is 27.0. The Morgan fingerprint density at radius 1 is 1.14 bits per heavy atom. The van der Waals surface area contributed by atoms with E-state index in [9.17, 15) is 9.59 Å². The van der Waals surface area contributed by atoms with Gasteiger partial charge in [-0.1, -0.05) is 33.1 Å². The molecule has 0 aromatic carbocycles. The van der Waals surface area contributed by atoms with Crippen LogP contribution in [0.1, 0.15) is 66.2 Å². The maximum atomic E-state index is 12.9. The van der Waals surface area contributed by atoms with E-state index in [0.29, 0.717) is 11.8 Å². The van der Waals surface area contributed by atoms with Gasteiger partial charge in [-0.25, -0.2) is 0 Å². The van der Waals surface area contributed by atoms with Gasteiger partial charge < -0.3 is 10.2 Å². The molecule has 1 aliphatic carbocycles. The number of hydrogen-bond acceptors (Lipinski definition) is 2. The first-order chi connectivity index (χ1) is 9.91. The van der Waals surface area contributed by atoms with Gasteiger partial charge >= 0.3 is 0 Å². The van der Waals surface area contributed by atoms with E-state index in [4.69, 9.17) is 0 Å². The van der Waals surface area contributed by atoms with Gasteiger partial charge in [-0.3, -0.25) is 9.59 Å². The standard InChI is InChI=1S/C17H30N2O2/c1-11(2)10-12(3)19-13(4)16(20)18-15(17(19)21)14-8-6-5-7-9-14/h11-15H,5-10H2,1-4H3,(H,18,20). The second-order valence-corrected chi connectivity index (χ2v) is 7.28. The highest BCUT2D eigenvalue weighted by molar-refractivity contribution is 5.97. The fourth-order valence-electron chi connectivity index (χ4n) is 4.00. The Bertz CT molecular complexity index is 388. The Labute approximate surface area is 128 Å². The van der Waals surface area contributed by atoms with Gasteiger partial charge in [0.2, 0.25) is 11.8 Å². The van der Waals surface area contributed by atoms with Gasteiger partial charge in [-0.2, -0.15) is 0 Å². The second-order valence-electron chi connectivity index (χ2n) is 7.28. The molecule has 2 rings (SSSR count). The van der Waals surface area contributed by atoms with E-state index in [-0.39, 0.29) is 29.9 Å². The third-order valence-corrected chi connectivity index (χ3v) is 5.02. The van der Waals surface area contributed by atoms with Crippen LogP contribution in [0, 0.1) is 11.8 Å². The van der Waals surface area contributed by atoms with Crippen molar-refractivity contribution in [1.29, 1.82) is 0 Å². The monoisotopic (exact) mass is 294 g/mol. The topological polar surface area (TPSA) is 49.4 Å². The molecule has 1 saturated heterocycles. The minimum atomic E-state index is -0.342. The van der Waals surface area contributed by atoms with Crippen LogP contribution in [0.2, 0.25) is 0 Å². The molecule has 1 saturated carbocycles. The fourth-order valence-corrected chi connectivity index (χ4v) is 4.00. The summed E-state index contributed by atoms with van der Waals surface area (Å²) in [6.45, 7) is 8.24. The van der Waals surface area contributed by atoms with E-state index in [1.54, 1.807) is 0 Å². The predicted octanol–water partition coefficient (Wildman–Crippen LogP) is 2.72. The van der Waals surface area contributed by atoms with Gasteiger partial charge in [-0.05, 0) is 44.9 Å². The number of nitrogens with one attached hydrogen (secondary N) is 1. The van der Waals surface area contributed by atoms with Gasteiger partial charge in [0.1, 0.15) is 12.1 Å². The summed E-state index contributed by atoms with van der Waals surface area (Å²) in [6.07, 6.45) is 6.70. The lowest BCUT2D eigenvalue weighted by Gasteiger charge is -2.44. The quantitative estimate of drug-likeness (QED) is 0.866. The van der Waals surface area contributed by atoms with Crippen LogP contribution in [-0.2, 0) is 9.59 Å². The average molecular weight is 294 g/mol. The van der Waals surface area contributed by atoms with Crippen LogP contribution in [0.3, 0.4) is 0 Å². The molecule has 4 nitrogen and oxygen atoms in total. The third kappa shape index (κ3) is 3.58. The number of carbonyl (C=O) groups is 2. The summed E-state index contributed by atoms with van der Waals surface area (Å²) in [7, 11) is 0. The first kappa shape index (κ1) is 16.3. The van der Waals surface area contributed by atoms with Crippen molar-refractivity contribution in [3.05, 3.63) is 0 Å². The molecule has 21 heavy (non-hydrogen) atoms. The summed E-state index contributed by atoms with van der Waals surface area (Å²) < 4.78 is 0. The first-order valence-electron chi connectivity index (χ1n) is 8.54. The van der Waals surface area contributed by atoms with Crippen LogP contribution in [-0.4, -0.2) is 34.8 Å². The molecule has 4 heteroatoms. The fraction of sp³-hybridized carbons (Fsp3) is 0.882. The highest BCUT2D eigenvalue weighted by atomic mass is 16.2. The minimum absolute atomic E-state index is 0.0146. The molecule has 1 heterocycles. The average Bonchev–Trinajstić information content (AvgIpc) is 2.43. The molecule has 3 atom stereocenters. The third-order valence-electron chi connectivity index (χ3n) is 5.02. The summed E-state index contributed by atoms with van der Waals surface area (Å²) in [5.41, 5.74) is 0. The Morgan fingerprint density at radius 2 is 1.76 bits per heavy atom. The molecule has 2 fully saturated rings. The van der Waals surface area contributed by atoms with Gasteiger partial charge in [0, 0.05) is 6.04 Å². The Balaban J connectivity index is 2.14. The van der Waals surface area contributed by atoms with Gasteiger partial charge in [0.05, 0.1) is 0 Å². The van der Waals surface area contributed by atoms with E-state index in [0.717, 1.165) is 19.3 Å². The van der Waals surface area contributed by atoms with E-state index in [2.05, 4.69) is 26.1 Å². The first-order valence-corrected chi connectivity index (χ1v) is 8.54. The van der Waals surface area contributed by atoms with Crippen LogP contribution in [0.4, 0.5) is 0 Å². The molecule has 120 valence electrons. The van der Waals surface area contributed by atoms with Gasteiger partial charge in [0.25, 0.3) is 0 Å². The van der Waals surface area contributed by atoms with Crippen molar-refractivity contribution in [3.8, 4) is 0 Å². The molecule has 2 aliphatic rings. The van der Waals surface area contributed by atoms with Crippen LogP contribution >= 0.6 is 0 Å². The van der Waals surface area contributed by atoms with Crippen molar-refractivity contribution in [2.45, 2.75) is 84.3 Å². The van der Waals surface area contributed by atoms with Gasteiger partial charge in [0.15, 0.2) is 0 Å². The number of hydrogen-bond donors (Lipinski definition) is 1. The Kier molecular flexibility index (Phi) is 5.28. The summed E-state index contributed by atoms with van der Waals surface area (Å²) in [5, 5.41) is 2.99. The zero-order valence-corrected chi connectivity index (χ0v) is 13.9. The van der Waals surface area contributed by atoms with E-state index >= 15 is 0 Å². The summed E-state index contributed by atoms with van der Waals surface area (Å²) >= 11 is 0. The molecule has 3 unspecified atom stereocenters. The number of piperazine rings is 1. The van der Waals surface area contributed by atoms with Crippen molar-refractivity contribution < 1.29 is 9.59 Å². The molecule has 2 amide bonds. The predicted molar refractivity (Wildman–Crippen MR) is 83.7 cm³/mol. The highest BCUT2D eigenvalue weighted by Gasteiger charge is 2.43. The maximum Gasteiger partial charge on any atom is 0.246 e. The largest absolute Gasteiger partial charge is 0.342 e. The lowest BCUT2D eigenvalue weighted by Crippen LogP contribution is -2.66. The molecule has 0 spiro atoms. The molecule has 1 N–H and O–H groups in total. The molecule has 0 bridgehead atoms. The second kappa shape index (κ2) is 6.80. The van der Waals surface area contributed by atoms with Crippen LogP contribution in [0.25, 0.3) is 0 Å². The smallest absolute Gasteiger partial charge is 0.246 e. The summed E-state index contributed by atoms with van der Waals surface area (Å²) in [5.74, 6) is 1.01. The van der Waals surface area contributed by atoms with Crippen LogP contribution in [0.5, 0.6) is 0 Å². The molecule has 1 aliphatic heterocycles. The zero-order chi connectivity index (χ0) is 15.6. The molecular formula is C17H30N2O2. The van der Waals surface area contributed by atoms with Crippen molar-refractivity contribution in [2.75, 3.05) is 0 Å². The van der Waals surface area contributed by atoms with E-state index < -0.39 is 0 Å². The van der Waals surface area contributed by atoms with Crippen LogP contribution < -0.4 is 5.32 Å². The van der Waals surface area contributed by atoms with E-state index in [1.807, 2.05) is 11.8 Å². The SMILES string of the molecule is CC(C)CC(C)N1C(=O)C(C2CCCCC2)NC(=O)C1C. The molecule has 0 radical (unpaired) electrons. The highest BCUT2D eigenvalue weighted by Crippen LogP contribution is 2.30. The maximum absolute atomic E-state index is 12.9. The number of nitrogens with zero attached hydrogens (tertiary/aromatic N) is 1. The molecule has 0 aromatic heterocycles. The lowest BCUT2D eigenvalue weighted by molar-refractivity contribution is -0.153. The van der Waals surface area contributed by atoms with Crippen molar-refractivity contribution in [2.24, 2.45) is 11.8 Å². The molecule has 0 aromatic rings. The zero-order valence-electron chi connectivity index (χ0n) is 13.9. The minimum Gasteiger partial charge on any atom is -0.342 e. The normalized spacial score (nSPS) is 29.7. The Hall–Kier alpha value is -1.06. The van der Waals surface area contributed by atoms with Crippen molar-refractivity contribution >= 4 is 11.8 Å². The lowest BCUT2D eigenvalue weighted by atomic mass is 9.82. The summed E-state index contributed by atoms with van der Waals surface area (Å²) in [6, 6.07) is -0.501. The Morgan fingerprint density at radius 3 is 2.33 bits per heavy atom. The number of amides is 2. The van der Waals surface area contributed by atoms with Gasteiger partial charge in [-0.15, -0.1) is 0 Å². The van der Waals surface area contributed by atoms with Crippen LogP contribution in [0.15, 0.2) is 0 Å². The number of rotatable bonds is 4. The number of carbonyl (C=O) groups excluding carboxylic acids is 2. The van der Waals surface area contributed by atoms with E-state index in [1.165, 1.54) is 19.3 Å². The molecular weight excluding hydrogens is 264 g/mol. The van der Waals surface area contributed by atoms with Crippen molar-refractivity contribution in [1.82, 2.24) is 10.2 Å². The van der Waals surface area contributed by atoms with Crippen molar-refractivity contribution in [3.63, 3.8) is 0 Å².